The molecule has 11 heavy (non-hydrogen) atoms. The number of hydrogen-bond donors (Lipinski definition) is 3. The van der Waals surface area contributed by atoms with Crippen molar-refractivity contribution >= 4 is 5.97 Å². The first kappa shape index (κ1) is 7.02. The second-order valence-corrected chi connectivity index (χ2v) is 2.50. The van der Waals surface area contributed by atoms with Gasteiger partial charge in [-0.3, -0.25) is 0 Å². The van der Waals surface area contributed by atoms with Crippen LogP contribution in [-0.4, -0.2) is 45.7 Å². The van der Waals surface area contributed by atoms with Crippen LogP contribution in [0.3, 0.4) is 0 Å². The van der Waals surface area contributed by atoms with E-state index in [4.69, 9.17) is 6.48 Å². The van der Waals surface area contributed by atoms with Gasteiger partial charge in [0.2, 0.25) is 0 Å². The van der Waals surface area contributed by atoms with Gasteiger partial charge in [0.25, 0.3) is 0 Å². The Balaban J connectivity index is 2.83. The summed E-state index contributed by atoms with van der Waals surface area (Å²) in [6, 6.07) is 0. The number of ether oxygens (including phenoxy) is 1. The van der Waals surface area contributed by atoms with Gasteiger partial charge in [-0.2, -0.15) is 0 Å². The minimum absolute atomic E-state index is 0.560. The molecule has 0 aromatic carbocycles. The number of carbonyl (C=O) groups is 1. The molecule has 1 heterocycles. The molecule has 0 aliphatic carbocycles. The number of aliphatic hydroxyl groups is 3. The molecule has 64 valence electrons. The SMILES string of the molecule is [2H]C[C@]1(O)C(=O)O[C@H](CO)[C@H]1O. The van der Waals surface area contributed by atoms with E-state index < -0.39 is 37.3 Å². The van der Waals surface area contributed by atoms with E-state index in [1.807, 2.05) is 0 Å². The summed E-state index contributed by atoms with van der Waals surface area (Å²) in [6.07, 6.45) is -2.64. The third-order valence-electron chi connectivity index (χ3n) is 1.63. The first-order valence-corrected chi connectivity index (χ1v) is 3.08. The average Bonchev–Trinajstić information content (AvgIpc) is 2.30. The van der Waals surface area contributed by atoms with Gasteiger partial charge in [0.1, 0.15) is 6.10 Å². The molecular weight excluding hydrogens is 152 g/mol. The summed E-state index contributed by atoms with van der Waals surface area (Å²) < 4.78 is 11.3. The van der Waals surface area contributed by atoms with Gasteiger partial charge in [-0.25, -0.2) is 4.79 Å². The largest absolute Gasteiger partial charge is 0.455 e. The third kappa shape index (κ3) is 1.11. The molecule has 1 aliphatic heterocycles. The summed E-state index contributed by atoms with van der Waals surface area (Å²) in [5.74, 6) is -1.05. The van der Waals surface area contributed by atoms with Crippen molar-refractivity contribution in [3.8, 4) is 0 Å². The molecule has 1 fully saturated rings. The average molecular weight is 163 g/mol. The van der Waals surface area contributed by atoms with Gasteiger partial charge in [0.15, 0.2) is 11.7 Å². The van der Waals surface area contributed by atoms with Crippen molar-refractivity contribution in [2.45, 2.75) is 24.7 Å². The molecule has 0 saturated carbocycles. The molecule has 3 atom stereocenters. The maximum atomic E-state index is 10.8. The van der Waals surface area contributed by atoms with Crippen LogP contribution in [0.4, 0.5) is 0 Å². The van der Waals surface area contributed by atoms with Crippen LogP contribution >= 0.6 is 0 Å². The van der Waals surface area contributed by atoms with Gasteiger partial charge in [0, 0.05) is 1.37 Å². The van der Waals surface area contributed by atoms with E-state index >= 15 is 0 Å². The highest BCUT2D eigenvalue weighted by Crippen LogP contribution is 2.25. The standard InChI is InChI=1S/C6H10O5/c1-6(10)4(8)3(2-7)11-5(6)9/h3-4,7-8,10H,2H2,1H3/t3-,4-,6-/m1/s1/i1D. The van der Waals surface area contributed by atoms with E-state index in [0.29, 0.717) is 0 Å². The Labute approximate surface area is 64.6 Å². The predicted molar refractivity (Wildman–Crippen MR) is 33.6 cm³/mol. The van der Waals surface area contributed by atoms with Crippen molar-refractivity contribution < 1.29 is 26.2 Å². The van der Waals surface area contributed by atoms with Crippen LogP contribution in [0.2, 0.25) is 0 Å². The number of esters is 1. The molecule has 0 radical (unpaired) electrons. The summed E-state index contributed by atoms with van der Waals surface area (Å²) >= 11 is 0. The predicted octanol–water partition coefficient (Wildman–Crippen LogP) is -1.98. The normalized spacial score (nSPS) is 45.4. The van der Waals surface area contributed by atoms with Crippen LogP contribution in [0.25, 0.3) is 0 Å². The van der Waals surface area contributed by atoms with Crippen molar-refractivity contribution in [2.75, 3.05) is 6.61 Å². The van der Waals surface area contributed by atoms with Crippen molar-refractivity contribution in [1.29, 1.82) is 0 Å². The molecule has 5 heteroatoms. The molecular formula is C6H10O5. The highest BCUT2D eigenvalue weighted by Gasteiger charge is 2.52. The Hall–Kier alpha value is -0.650. The zero-order valence-corrected chi connectivity index (χ0v) is 5.73. The molecule has 0 aromatic rings. The van der Waals surface area contributed by atoms with Crippen LogP contribution in [0.15, 0.2) is 0 Å². The van der Waals surface area contributed by atoms with E-state index in [1.165, 1.54) is 0 Å². The maximum Gasteiger partial charge on any atom is 0.341 e. The molecule has 1 aliphatic rings. The number of hydrogen-bond acceptors (Lipinski definition) is 5. The summed E-state index contributed by atoms with van der Waals surface area (Å²) in [5, 5.41) is 27.1. The van der Waals surface area contributed by atoms with Gasteiger partial charge >= 0.3 is 5.97 Å². The van der Waals surface area contributed by atoms with Crippen LogP contribution in [0.5, 0.6) is 0 Å². The van der Waals surface area contributed by atoms with Crippen LogP contribution in [0, 0.1) is 0 Å². The lowest BCUT2D eigenvalue weighted by molar-refractivity contribution is -0.155. The second kappa shape index (κ2) is 2.44. The van der Waals surface area contributed by atoms with Gasteiger partial charge < -0.3 is 20.1 Å². The van der Waals surface area contributed by atoms with Crippen molar-refractivity contribution in [1.82, 2.24) is 0 Å². The molecule has 0 bridgehead atoms. The molecule has 1 rings (SSSR count). The number of carbonyl (C=O) groups excluding carboxylic acids is 1. The zero-order valence-electron chi connectivity index (χ0n) is 6.73. The molecule has 3 N–H and O–H groups in total. The van der Waals surface area contributed by atoms with E-state index in [1.54, 1.807) is 0 Å². The molecule has 0 amide bonds. The van der Waals surface area contributed by atoms with Crippen molar-refractivity contribution in [3.63, 3.8) is 0 Å². The monoisotopic (exact) mass is 163 g/mol. The van der Waals surface area contributed by atoms with Gasteiger partial charge in [-0.1, -0.05) is 0 Å². The molecule has 0 aromatic heterocycles. The topological polar surface area (TPSA) is 87.0 Å². The van der Waals surface area contributed by atoms with Crippen LogP contribution in [0.1, 0.15) is 8.27 Å². The Morgan fingerprint density at radius 3 is 2.82 bits per heavy atom. The lowest BCUT2D eigenvalue weighted by atomic mass is 9.99. The van der Waals surface area contributed by atoms with E-state index in [0.717, 1.165) is 0 Å². The summed E-state index contributed by atoms with van der Waals surface area (Å²) in [6.45, 7) is -1.24. The van der Waals surface area contributed by atoms with E-state index in [9.17, 15) is 15.0 Å². The Morgan fingerprint density at radius 1 is 1.91 bits per heavy atom. The second-order valence-electron chi connectivity index (χ2n) is 2.50. The highest BCUT2D eigenvalue weighted by atomic mass is 16.6. The van der Waals surface area contributed by atoms with Gasteiger partial charge in [-0.05, 0) is 6.90 Å². The zero-order chi connectivity index (χ0) is 9.35. The summed E-state index contributed by atoms with van der Waals surface area (Å²) in [7, 11) is 0. The number of rotatable bonds is 1. The summed E-state index contributed by atoms with van der Waals surface area (Å²) in [4.78, 5) is 10.8. The van der Waals surface area contributed by atoms with Gasteiger partial charge in [0.05, 0.1) is 6.61 Å². The molecule has 1 saturated heterocycles. The lowest BCUT2D eigenvalue weighted by Gasteiger charge is -2.16. The fourth-order valence-electron chi connectivity index (χ4n) is 0.869. The van der Waals surface area contributed by atoms with Crippen molar-refractivity contribution in [2.24, 2.45) is 0 Å². The number of aliphatic hydroxyl groups excluding tert-OH is 2. The first-order chi connectivity index (χ1) is 5.56. The molecule has 0 spiro atoms. The Morgan fingerprint density at radius 2 is 2.55 bits per heavy atom. The summed E-state index contributed by atoms with van der Waals surface area (Å²) in [5.41, 5.74) is -2.17. The minimum Gasteiger partial charge on any atom is -0.455 e. The van der Waals surface area contributed by atoms with E-state index in [2.05, 4.69) is 4.74 Å². The fourth-order valence-corrected chi connectivity index (χ4v) is 0.869. The fraction of sp³-hybridized carbons (Fsp3) is 0.833. The van der Waals surface area contributed by atoms with Crippen LogP contribution < -0.4 is 0 Å². The third-order valence-corrected chi connectivity index (χ3v) is 1.63. The van der Waals surface area contributed by atoms with E-state index in [-0.39, 0.29) is 0 Å². The lowest BCUT2D eigenvalue weighted by Crippen LogP contribution is -2.43. The van der Waals surface area contributed by atoms with Crippen LogP contribution in [-0.2, 0) is 9.53 Å². The minimum atomic E-state index is -2.17. The quantitative estimate of drug-likeness (QED) is 0.390. The highest BCUT2D eigenvalue weighted by molar-refractivity contribution is 5.82. The maximum absolute atomic E-state index is 10.8. The number of cyclic esters (lactones) is 1. The van der Waals surface area contributed by atoms with Gasteiger partial charge in [-0.15, -0.1) is 0 Å². The Bertz CT molecular complexity index is 196. The Kier molecular flexibility index (Phi) is 1.56. The first-order valence-electron chi connectivity index (χ1n) is 3.78. The smallest absolute Gasteiger partial charge is 0.341 e. The van der Waals surface area contributed by atoms with Crippen molar-refractivity contribution in [3.05, 3.63) is 0 Å². The molecule has 0 unspecified atom stereocenters. The molecule has 5 nitrogen and oxygen atoms in total.